The van der Waals surface area contributed by atoms with Gasteiger partial charge in [-0.15, -0.1) is 11.6 Å². The number of rotatable bonds is 1. The molecule has 60 valence electrons. The Morgan fingerprint density at radius 3 is 2.27 bits per heavy atom. The summed E-state index contributed by atoms with van der Waals surface area (Å²) in [7, 11) is 0. The lowest BCUT2D eigenvalue weighted by atomic mass is 9.98. The lowest BCUT2D eigenvalue weighted by molar-refractivity contribution is -0.122. The minimum absolute atomic E-state index is 0.117. The van der Waals surface area contributed by atoms with Gasteiger partial charge in [-0.2, -0.15) is 0 Å². The van der Waals surface area contributed by atoms with E-state index in [-0.39, 0.29) is 17.2 Å². The van der Waals surface area contributed by atoms with Gasteiger partial charge in [0, 0.05) is 11.3 Å². The lowest BCUT2D eigenvalue weighted by Crippen LogP contribution is -2.27. The zero-order valence-electron chi connectivity index (χ0n) is 6.03. The topological polar surface area (TPSA) is 43.1 Å². The molecule has 0 aromatic rings. The number of carbonyl (C=O) groups is 1. The maximum Gasteiger partial charge on any atom is 0.221 e. The van der Waals surface area contributed by atoms with E-state index in [2.05, 4.69) is 0 Å². The number of carbonyl (C=O) groups excluding carboxylic acids is 1. The van der Waals surface area contributed by atoms with Crippen molar-refractivity contribution >= 4 is 17.5 Å². The highest BCUT2D eigenvalue weighted by atomic mass is 35.5. The number of halogens is 1. The summed E-state index contributed by atoms with van der Waals surface area (Å²) in [5.41, 5.74) is 5.30. The molecule has 3 heteroatoms. The van der Waals surface area contributed by atoms with Crippen molar-refractivity contribution in [1.29, 1.82) is 0 Å². The SMILES string of the molecule is NC(=O)C1C2CC3C(C2Cl)C31. The number of primary amides is 1. The summed E-state index contributed by atoms with van der Waals surface area (Å²) < 4.78 is 0. The van der Waals surface area contributed by atoms with Crippen LogP contribution in [0.4, 0.5) is 0 Å². The van der Waals surface area contributed by atoms with Crippen molar-refractivity contribution < 1.29 is 4.79 Å². The van der Waals surface area contributed by atoms with Gasteiger partial charge in [-0.25, -0.2) is 0 Å². The summed E-state index contributed by atoms with van der Waals surface area (Å²) >= 11 is 6.13. The Hall–Kier alpha value is -0.240. The van der Waals surface area contributed by atoms with Gasteiger partial charge in [-0.3, -0.25) is 4.79 Å². The van der Waals surface area contributed by atoms with E-state index < -0.39 is 0 Å². The highest BCUT2D eigenvalue weighted by molar-refractivity contribution is 6.22. The van der Waals surface area contributed by atoms with Crippen LogP contribution >= 0.6 is 11.6 Å². The van der Waals surface area contributed by atoms with Gasteiger partial charge in [-0.05, 0) is 30.1 Å². The van der Waals surface area contributed by atoms with Gasteiger partial charge in [-0.1, -0.05) is 0 Å². The molecule has 2 N–H and O–H groups in total. The van der Waals surface area contributed by atoms with Gasteiger partial charge >= 0.3 is 0 Å². The molecule has 0 spiro atoms. The standard InChI is InChI=1S/C8H10ClNO/c9-7-3-1-2-4(5(2)7)6(3)8(10)11/h2-7H,1H2,(H2,10,11). The molecular formula is C8H10ClNO. The van der Waals surface area contributed by atoms with E-state index in [4.69, 9.17) is 17.3 Å². The Morgan fingerprint density at radius 1 is 1.36 bits per heavy atom. The van der Waals surface area contributed by atoms with E-state index in [1.165, 1.54) is 0 Å². The fraction of sp³-hybridized carbons (Fsp3) is 0.875. The first-order valence-corrected chi connectivity index (χ1v) is 4.59. The molecule has 4 aliphatic rings. The number of amides is 1. The van der Waals surface area contributed by atoms with Gasteiger partial charge in [0.1, 0.15) is 0 Å². The number of hydrogen-bond donors (Lipinski definition) is 1. The molecule has 4 fully saturated rings. The molecule has 0 aliphatic heterocycles. The first-order chi connectivity index (χ1) is 5.22. The molecule has 0 heterocycles. The van der Waals surface area contributed by atoms with Crippen LogP contribution < -0.4 is 5.73 Å². The van der Waals surface area contributed by atoms with Crippen LogP contribution in [0.15, 0.2) is 0 Å². The molecule has 4 rings (SSSR count). The molecule has 1 amide bonds. The summed E-state index contributed by atoms with van der Waals surface area (Å²) in [6, 6.07) is 0. The van der Waals surface area contributed by atoms with Crippen LogP contribution in [0.25, 0.3) is 0 Å². The van der Waals surface area contributed by atoms with Crippen molar-refractivity contribution in [3.63, 3.8) is 0 Å². The summed E-state index contributed by atoms with van der Waals surface area (Å²) in [6.07, 6.45) is 1.16. The van der Waals surface area contributed by atoms with Crippen molar-refractivity contribution in [2.24, 2.45) is 35.3 Å². The molecule has 2 nitrogen and oxygen atoms in total. The molecule has 4 bridgehead atoms. The van der Waals surface area contributed by atoms with Crippen LogP contribution in [-0.2, 0) is 4.79 Å². The second kappa shape index (κ2) is 1.58. The smallest absolute Gasteiger partial charge is 0.221 e. The van der Waals surface area contributed by atoms with Crippen molar-refractivity contribution in [1.82, 2.24) is 0 Å². The Bertz CT molecular complexity index is 242. The number of nitrogens with two attached hydrogens (primary N) is 1. The maximum absolute atomic E-state index is 11.0. The van der Waals surface area contributed by atoms with Crippen LogP contribution in [0.3, 0.4) is 0 Å². The van der Waals surface area contributed by atoms with Crippen LogP contribution in [-0.4, -0.2) is 11.3 Å². The fourth-order valence-electron chi connectivity index (χ4n) is 3.46. The third kappa shape index (κ3) is 0.516. The first kappa shape index (κ1) is 6.30. The average molecular weight is 172 g/mol. The zero-order chi connectivity index (χ0) is 7.75. The van der Waals surface area contributed by atoms with Gasteiger partial charge in [0.05, 0.1) is 0 Å². The summed E-state index contributed by atoms with van der Waals surface area (Å²) in [6.45, 7) is 0. The van der Waals surface area contributed by atoms with E-state index in [9.17, 15) is 4.79 Å². The molecule has 0 aromatic heterocycles. The third-order valence-electron chi connectivity index (χ3n) is 3.82. The van der Waals surface area contributed by atoms with Crippen LogP contribution in [0.5, 0.6) is 0 Å². The molecule has 11 heavy (non-hydrogen) atoms. The molecule has 0 aromatic carbocycles. The van der Waals surface area contributed by atoms with Crippen LogP contribution in [0, 0.1) is 29.6 Å². The molecule has 4 saturated carbocycles. The summed E-state index contributed by atoms with van der Waals surface area (Å²) in [5, 5.41) is 0.266. The van der Waals surface area contributed by atoms with E-state index in [0.29, 0.717) is 17.8 Å². The minimum Gasteiger partial charge on any atom is -0.369 e. The minimum atomic E-state index is -0.117. The largest absolute Gasteiger partial charge is 0.369 e. The Morgan fingerprint density at radius 2 is 2.09 bits per heavy atom. The molecular weight excluding hydrogens is 162 g/mol. The van der Waals surface area contributed by atoms with E-state index in [1.807, 2.05) is 0 Å². The predicted octanol–water partition coefficient (Wildman–Crippen LogP) is 0.591. The second-order valence-corrected chi connectivity index (χ2v) is 4.59. The van der Waals surface area contributed by atoms with Gasteiger partial charge in [0.15, 0.2) is 0 Å². The highest BCUT2D eigenvalue weighted by Gasteiger charge is 2.74. The van der Waals surface area contributed by atoms with Crippen molar-refractivity contribution in [2.75, 3.05) is 0 Å². The van der Waals surface area contributed by atoms with Crippen molar-refractivity contribution in [3.05, 3.63) is 0 Å². The first-order valence-electron chi connectivity index (χ1n) is 4.15. The van der Waals surface area contributed by atoms with Crippen LogP contribution in [0.1, 0.15) is 6.42 Å². The summed E-state index contributed by atoms with van der Waals surface area (Å²) in [5.74, 6) is 2.44. The van der Waals surface area contributed by atoms with Gasteiger partial charge in [0.25, 0.3) is 0 Å². The average Bonchev–Trinajstić information content (AvgIpc) is 2.33. The number of alkyl halides is 1. The van der Waals surface area contributed by atoms with Gasteiger partial charge in [0.2, 0.25) is 5.91 Å². The molecule has 0 radical (unpaired) electrons. The second-order valence-electron chi connectivity index (χ2n) is 4.09. The van der Waals surface area contributed by atoms with Crippen molar-refractivity contribution in [2.45, 2.75) is 11.8 Å². The van der Waals surface area contributed by atoms with E-state index in [0.717, 1.165) is 12.3 Å². The van der Waals surface area contributed by atoms with Crippen molar-refractivity contribution in [3.8, 4) is 0 Å². The maximum atomic E-state index is 11.0. The highest BCUT2D eigenvalue weighted by Crippen LogP contribution is 2.74. The molecule has 6 atom stereocenters. The fourth-order valence-corrected chi connectivity index (χ4v) is 4.07. The third-order valence-corrected chi connectivity index (χ3v) is 4.43. The Kier molecular flexibility index (Phi) is 0.905. The normalized spacial score (nSPS) is 63.4. The quantitative estimate of drug-likeness (QED) is 0.577. The molecule has 6 unspecified atom stereocenters. The lowest BCUT2D eigenvalue weighted by Gasteiger charge is -2.11. The molecule has 4 aliphatic carbocycles. The van der Waals surface area contributed by atoms with Crippen LogP contribution in [0.2, 0.25) is 0 Å². The molecule has 0 saturated heterocycles. The zero-order valence-corrected chi connectivity index (χ0v) is 6.79. The summed E-state index contributed by atoms with van der Waals surface area (Å²) in [4.78, 5) is 11.0. The Balaban J connectivity index is 1.97. The van der Waals surface area contributed by atoms with E-state index >= 15 is 0 Å². The van der Waals surface area contributed by atoms with Gasteiger partial charge < -0.3 is 5.73 Å². The Labute approximate surface area is 70.1 Å². The monoisotopic (exact) mass is 171 g/mol. The predicted molar refractivity (Wildman–Crippen MR) is 40.9 cm³/mol. The van der Waals surface area contributed by atoms with E-state index in [1.54, 1.807) is 0 Å². The number of hydrogen-bond acceptors (Lipinski definition) is 1.